The number of para-hydroxylation sites is 2. The summed E-state index contributed by atoms with van der Waals surface area (Å²) in [5.41, 5.74) is 7.34. The molecule has 4 heteroatoms. The normalized spacial score (nSPS) is 26.9. The van der Waals surface area contributed by atoms with Gasteiger partial charge in [-0.15, -0.1) is 0 Å². The third-order valence-electron chi connectivity index (χ3n) is 2.54. The molecule has 76 valence electrons. The van der Waals surface area contributed by atoms with Crippen LogP contribution in [-0.4, -0.2) is 35.5 Å². The lowest BCUT2D eigenvalue weighted by Gasteiger charge is -2.19. The van der Waals surface area contributed by atoms with Crippen LogP contribution in [0.25, 0.3) is 0 Å². The molecule has 1 fully saturated rings. The quantitative estimate of drug-likeness (QED) is 0.542. The predicted octanol–water partition coefficient (Wildman–Crippen LogP) is -0.189. The van der Waals surface area contributed by atoms with Crippen molar-refractivity contribution in [3.05, 3.63) is 24.3 Å². The topological polar surface area (TPSA) is 69.7 Å². The first-order valence-electron chi connectivity index (χ1n) is 4.64. The average Bonchev–Trinajstić information content (AvgIpc) is 2.48. The Hall–Kier alpha value is -1.26. The van der Waals surface area contributed by atoms with E-state index >= 15 is 0 Å². The Morgan fingerprint density at radius 3 is 2.29 bits per heavy atom. The number of aliphatic hydroxyl groups is 2. The van der Waals surface area contributed by atoms with Crippen LogP contribution in [-0.2, 0) is 0 Å². The second-order valence-corrected chi connectivity index (χ2v) is 3.60. The average molecular weight is 194 g/mol. The predicted molar refractivity (Wildman–Crippen MR) is 55.1 cm³/mol. The van der Waals surface area contributed by atoms with Gasteiger partial charge in [0, 0.05) is 13.1 Å². The van der Waals surface area contributed by atoms with Crippen LogP contribution in [0.4, 0.5) is 11.4 Å². The van der Waals surface area contributed by atoms with E-state index in [2.05, 4.69) is 0 Å². The number of benzene rings is 1. The van der Waals surface area contributed by atoms with Crippen molar-refractivity contribution in [3.8, 4) is 0 Å². The summed E-state index contributed by atoms with van der Waals surface area (Å²) < 4.78 is 0. The molecule has 4 N–H and O–H groups in total. The molecule has 0 aliphatic carbocycles. The second kappa shape index (κ2) is 3.48. The Balaban J connectivity index is 2.21. The van der Waals surface area contributed by atoms with Crippen LogP contribution in [0.5, 0.6) is 0 Å². The summed E-state index contributed by atoms with van der Waals surface area (Å²) >= 11 is 0. The Bertz CT molecular complexity index is 320. The minimum atomic E-state index is -0.672. The summed E-state index contributed by atoms with van der Waals surface area (Å²) in [6.45, 7) is 0.880. The van der Waals surface area contributed by atoms with Crippen molar-refractivity contribution in [2.45, 2.75) is 12.2 Å². The van der Waals surface area contributed by atoms with Crippen molar-refractivity contribution in [3.63, 3.8) is 0 Å². The maximum Gasteiger partial charge on any atom is 0.0990 e. The largest absolute Gasteiger partial charge is 0.397 e. The molecule has 0 amide bonds. The molecule has 1 aromatic carbocycles. The van der Waals surface area contributed by atoms with Crippen LogP contribution in [0.2, 0.25) is 0 Å². The number of nitrogens with two attached hydrogens (primary N) is 1. The summed E-state index contributed by atoms with van der Waals surface area (Å²) in [5.74, 6) is 0. The zero-order chi connectivity index (χ0) is 10.1. The first kappa shape index (κ1) is 9.30. The van der Waals surface area contributed by atoms with Crippen molar-refractivity contribution in [1.29, 1.82) is 0 Å². The molecule has 4 nitrogen and oxygen atoms in total. The fourth-order valence-corrected chi connectivity index (χ4v) is 1.74. The van der Waals surface area contributed by atoms with Gasteiger partial charge >= 0.3 is 0 Å². The highest BCUT2D eigenvalue weighted by atomic mass is 16.3. The Labute approximate surface area is 82.6 Å². The number of anilines is 2. The van der Waals surface area contributed by atoms with Crippen molar-refractivity contribution in [1.82, 2.24) is 0 Å². The van der Waals surface area contributed by atoms with Crippen LogP contribution < -0.4 is 10.6 Å². The lowest BCUT2D eigenvalue weighted by atomic mass is 10.2. The van der Waals surface area contributed by atoms with Crippen molar-refractivity contribution >= 4 is 11.4 Å². The van der Waals surface area contributed by atoms with E-state index in [1.165, 1.54) is 0 Å². The van der Waals surface area contributed by atoms with E-state index in [9.17, 15) is 10.2 Å². The van der Waals surface area contributed by atoms with Gasteiger partial charge in [0.1, 0.15) is 0 Å². The van der Waals surface area contributed by atoms with E-state index in [1.807, 2.05) is 29.2 Å². The minimum Gasteiger partial charge on any atom is -0.397 e. The number of nitrogen functional groups attached to an aromatic ring is 1. The highest BCUT2D eigenvalue weighted by molar-refractivity contribution is 5.67. The molecule has 2 atom stereocenters. The van der Waals surface area contributed by atoms with Crippen LogP contribution in [0.15, 0.2) is 24.3 Å². The summed E-state index contributed by atoms with van der Waals surface area (Å²) in [6, 6.07) is 7.46. The van der Waals surface area contributed by atoms with Crippen molar-refractivity contribution in [2.75, 3.05) is 23.7 Å². The maximum atomic E-state index is 9.39. The van der Waals surface area contributed by atoms with Crippen LogP contribution in [0.3, 0.4) is 0 Å². The molecule has 1 heterocycles. The molecule has 1 aliphatic heterocycles. The molecular weight excluding hydrogens is 180 g/mol. The van der Waals surface area contributed by atoms with Crippen LogP contribution >= 0.6 is 0 Å². The smallest absolute Gasteiger partial charge is 0.0990 e. The van der Waals surface area contributed by atoms with Gasteiger partial charge in [0.2, 0.25) is 0 Å². The minimum absolute atomic E-state index is 0.440. The van der Waals surface area contributed by atoms with E-state index in [0.717, 1.165) is 5.69 Å². The van der Waals surface area contributed by atoms with E-state index in [4.69, 9.17) is 5.73 Å². The Kier molecular flexibility index (Phi) is 2.31. The molecule has 0 aromatic heterocycles. The molecule has 0 saturated carbocycles. The first-order chi connectivity index (χ1) is 6.68. The first-order valence-corrected chi connectivity index (χ1v) is 4.64. The Morgan fingerprint density at radius 1 is 1.14 bits per heavy atom. The van der Waals surface area contributed by atoms with Crippen LogP contribution in [0, 0.1) is 0 Å². The van der Waals surface area contributed by atoms with E-state index < -0.39 is 12.2 Å². The molecule has 1 aliphatic rings. The van der Waals surface area contributed by atoms with E-state index in [0.29, 0.717) is 18.8 Å². The highest BCUT2D eigenvalue weighted by Gasteiger charge is 2.30. The van der Waals surface area contributed by atoms with Gasteiger partial charge in [0.15, 0.2) is 0 Å². The molecule has 0 radical (unpaired) electrons. The molecule has 1 saturated heterocycles. The number of rotatable bonds is 1. The monoisotopic (exact) mass is 194 g/mol. The third-order valence-corrected chi connectivity index (χ3v) is 2.54. The summed E-state index contributed by atoms with van der Waals surface area (Å²) in [6.07, 6.45) is -1.34. The number of aliphatic hydroxyl groups excluding tert-OH is 2. The van der Waals surface area contributed by atoms with Crippen molar-refractivity contribution in [2.24, 2.45) is 0 Å². The number of hydrogen-bond donors (Lipinski definition) is 3. The second-order valence-electron chi connectivity index (χ2n) is 3.60. The molecule has 0 spiro atoms. The third kappa shape index (κ3) is 1.54. The summed E-state index contributed by atoms with van der Waals surface area (Å²) in [5, 5.41) is 18.8. The zero-order valence-electron chi connectivity index (χ0n) is 7.80. The van der Waals surface area contributed by atoms with Crippen molar-refractivity contribution < 1.29 is 10.2 Å². The molecule has 2 rings (SSSR count). The fourth-order valence-electron chi connectivity index (χ4n) is 1.74. The number of nitrogens with zero attached hydrogens (tertiary/aromatic N) is 1. The molecular formula is C10H14N2O2. The molecule has 0 bridgehead atoms. The highest BCUT2D eigenvalue weighted by Crippen LogP contribution is 2.26. The lowest BCUT2D eigenvalue weighted by Crippen LogP contribution is -2.22. The fraction of sp³-hybridized carbons (Fsp3) is 0.400. The molecule has 1 aromatic rings. The lowest BCUT2D eigenvalue weighted by molar-refractivity contribution is 0.0572. The van der Waals surface area contributed by atoms with Gasteiger partial charge in [-0.3, -0.25) is 0 Å². The van der Waals surface area contributed by atoms with Gasteiger partial charge < -0.3 is 20.8 Å². The van der Waals surface area contributed by atoms with Gasteiger partial charge in [-0.25, -0.2) is 0 Å². The summed E-state index contributed by atoms with van der Waals surface area (Å²) in [4.78, 5) is 1.89. The standard InChI is InChI=1S/C10H14N2O2/c11-7-3-1-2-4-8(7)12-5-9(13)10(14)6-12/h1-4,9-10,13-14H,5-6,11H2. The maximum absolute atomic E-state index is 9.39. The van der Waals surface area contributed by atoms with Crippen LogP contribution in [0.1, 0.15) is 0 Å². The number of β-amino-alcohol motifs (C(OH)–C–C–N with tert-alkyl or cyclic N) is 2. The van der Waals surface area contributed by atoms with Gasteiger partial charge in [0.25, 0.3) is 0 Å². The molecule has 2 unspecified atom stereocenters. The molecule has 14 heavy (non-hydrogen) atoms. The van der Waals surface area contributed by atoms with Gasteiger partial charge in [0.05, 0.1) is 23.6 Å². The van der Waals surface area contributed by atoms with E-state index in [1.54, 1.807) is 0 Å². The SMILES string of the molecule is Nc1ccccc1N1CC(O)C(O)C1. The van der Waals surface area contributed by atoms with Gasteiger partial charge in [-0.2, -0.15) is 0 Å². The van der Waals surface area contributed by atoms with Gasteiger partial charge in [-0.1, -0.05) is 12.1 Å². The van der Waals surface area contributed by atoms with E-state index in [-0.39, 0.29) is 0 Å². The Morgan fingerprint density at radius 2 is 1.71 bits per heavy atom. The van der Waals surface area contributed by atoms with Gasteiger partial charge in [-0.05, 0) is 12.1 Å². The zero-order valence-corrected chi connectivity index (χ0v) is 7.80. The summed E-state index contributed by atoms with van der Waals surface area (Å²) in [7, 11) is 0. The number of hydrogen-bond acceptors (Lipinski definition) is 4.